The van der Waals surface area contributed by atoms with Crippen LogP contribution in [-0.2, 0) is 23.9 Å². The molecule has 0 aliphatic heterocycles. The zero-order valence-electron chi connectivity index (χ0n) is 14.5. The third kappa shape index (κ3) is 3.38. The Hall–Kier alpha value is -2.09. The van der Waals surface area contributed by atoms with Gasteiger partial charge in [0.15, 0.2) is 5.41 Å². The highest BCUT2D eigenvalue weighted by atomic mass is 16.5. The highest BCUT2D eigenvalue weighted by Crippen LogP contribution is 2.54. The largest absolute Gasteiger partial charge is 0.468 e. The molecular formula is C19H24O5. The van der Waals surface area contributed by atoms with Gasteiger partial charge in [-0.15, -0.1) is 11.8 Å². The van der Waals surface area contributed by atoms with Crippen LogP contribution in [-0.4, -0.2) is 31.9 Å². The van der Waals surface area contributed by atoms with Crippen molar-refractivity contribution in [1.29, 1.82) is 0 Å². The maximum absolute atomic E-state index is 12.3. The number of Topliss-reactive ketones (excluding diaryl/α,β-unsaturated/α-hetero) is 1. The smallest absolute Gasteiger partial charge is 0.324 e. The number of methoxy groups -OCH3 is 2. The van der Waals surface area contributed by atoms with E-state index in [1.807, 2.05) is 6.08 Å². The first-order chi connectivity index (χ1) is 11.5. The molecule has 3 atom stereocenters. The number of hydrogen-bond acceptors (Lipinski definition) is 5. The summed E-state index contributed by atoms with van der Waals surface area (Å²) in [5, 5.41) is 0. The molecule has 2 rings (SSSR count). The van der Waals surface area contributed by atoms with Crippen LogP contribution in [0.3, 0.4) is 0 Å². The fourth-order valence-electron chi connectivity index (χ4n) is 3.69. The minimum absolute atomic E-state index is 0.0453. The summed E-state index contributed by atoms with van der Waals surface area (Å²) in [7, 11) is 2.49. The molecule has 0 aromatic heterocycles. The van der Waals surface area contributed by atoms with Gasteiger partial charge in [-0.2, -0.15) is 0 Å². The first-order valence-corrected chi connectivity index (χ1v) is 8.27. The van der Waals surface area contributed by atoms with Crippen LogP contribution < -0.4 is 0 Å². The molecule has 0 heterocycles. The van der Waals surface area contributed by atoms with Gasteiger partial charge in [0, 0.05) is 18.8 Å². The van der Waals surface area contributed by atoms with Crippen molar-refractivity contribution in [2.24, 2.45) is 23.2 Å². The van der Waals surface area contributed by atoms with Crippen LogP contribution in [0.15, 0.2) is 12.2 Å². The van der Waals surface area contributed by atoms with Crippen LogP contribution in [0.5, 0.6) is 0 Å². The molecule has 0 amide bonds. The molecule has 2 saturated carbocycles. The van der Waals surface area contributed by atoms with Gasteiger partial charge in [-0.1, -0.05) is 12.2 Å². The maximum Gasteiger partial charge on any atom is 0.324 e. The third-order valence-corrected chi connectivity index (χ3v) is 5.11. The minimum atomic E-state index is -1.45. The molecule has 24 heavy (non-hydrogen) atoms. The number of carbonyl (C=O) groups excluding carboxylic acids is 3. The topological polar surface area (TPSA) is 69.7 Å². The summed E-state index contributed by atoms with van der Waals surface area (Å²) in [4.78, 5) is 36.4. The molecule has 0 N–H and O–H groups in total. The monoisotopic (exact) mass is 332 g/mol. The number of ether oxygens (including phenoxy) is 2. The van der Waals surface area contributed by atoms with E-state index in [2.05, 4.69) is 11.8 Å². The molecule has 5 nitrogen and oxygen atoms in total. The maximum atomic E-state index is 12.3. The lowest BCUT2D eigenvalue weighted by molar-refractivity contribution is -0.168. The molecule has 0 aromatic rings. The first kappa shape index (κ1) is 18.3. The zero-order chi connectivity index (χ0) is 17.7. The minimum Gasteiger partial charge on any atom is -0.468 e. The first-order valence-electron chi connectivity index (χ1n) is 8.27. The highest BCUT2D eigenvalue weighted by molar-refractivity contribution is 6.00. The van der Waals surface area contributed by atoms with E-state index in [0.29, 0.717) is 18.1 Å². The van der Waals surface area contributed by atoms with Gasteiger partial charge in [-0.25, -0.2) is 0 Å². The Morgan fingerprint density at radius 2 is 1.96 bits per heavy atom. The Kier molecular flexibility index (Phi) is 5.82. The van der Waals surface area contributed by atoms with Gasteiger partial charge in [0.25, 0.3) is 0 Å². The fraction of sp³-hybridized carbons (Fsp3) is 0.632. The van der Waals surface area contributed by atoms with Gasteiger partial charge >= 0.3 is 11.9 Å². The van der Waals surface area contributed by atoms with Crippen molar-refractivity contribution in [3.05, 3.63) is 12.2 Å². The van der Waals surface area contributed by atoms with E-state index in [1.165, 1.54) is 14.2 Å². The van der Waals surface area contributed by atoms with Crippen molar-refractivity contribution in [3.63, 3.8) is 0 Å². The molecule has 0 radical (unpaired) electrons. The Morgan fingerprint density at radius 1 is 1.29 bits per heavy atom. The van der Waals surface area contributed by atoms with E-state index >= 15 is 0 Å². The third-order valence-electron chi connectivity index (χ3n) is 5.11. The van der Waals surface area contributed by atoms with Gasteiger partial charge in [-0.05, 0) is 38.0 Å². The fourth-order valence-corrected chi connectivity index (χ4v) is 3.69. The van der Waals surface area contributed by atoms with Crippen LogP contribution in [0.25, 0.3) is 0 Å². The predicted octanol–water partition coefficient (Wildman–Crippen LogP) is 2.29. The quantitative estimate of drug-likeness (QED) is 0.323. The van der Waals surface area contributed by atoms with E-state index in [4.69, 9.17) is 9.47 Å². The molecule has 0 spiro atoms. The molecular weight excluding hydrogens is 308 g/mol. The molecule has 2 aliphatic carbocycles. The van der Waals surface area contributed by atoms with Crippen LogP contribution in [0.4, 0.5) is 0 Å². The number of allylic oxidation sites excluding steroid dienone is 2. The van der Waals surface area contributed by atoms with Crippen LogP contribution in [0, 0.1) is 35.0 Å². The lowest BCUT2D eigenvalue weighted by Crippen LogP contribution is -2.40. The van der Waals surface area contributed by atoms with Gasteiger partial charge in [0.1, 0.15) is 5.78 Å². The number of ketones is 1. The molecule has 1 unspecified atom stereocenters. The molecule has 0 aromatic carbocycles. The average molecular weight is 332 g/mol. The number of fused-ring (bicyclic) bond motifs is 1. The van der Waals surface area contributed by atoms with Gasteiger partial charge in [0.05, 0.1) is 14.2 Å². The van der Waals surface area contributed by atoms with Crippen LogP contribution in [0.1, 0.15) is 39.0 Å². The van der Waals surface area contributed by atoms with Gasteiger partial charge < -0.3 is 9.47 Å². The van der Waals surface area contributed by atoms with Crippen molar-refractivity contribution < 1.29 is 23.9 Å². The van der Waals surface area contributed by atoms with Crippen LogP contribution in [0.2, 0.25) is 0 Å². The zero-order valence-corrected chi connectivity index (χ0v) is 14.5. The lowest BCUT2D eigenvalue weighted by Gasteiger charge is -2.24. The summed E-state index contributed by atoms with van der Waals surface area (Å²) in [6, 6.07) is 0. The van der Waals surface area contributed by atoms with Crippen molar-refractivity contribution in [1.82, 2.24) is 0 Å². The summed E-state index contributed by atoms with van der Waals surface area (Å²) < 4.78 is 9.65. The van der Waals surface area contributed by atoms with Gasteiger partial charge in [0.2, 0.25) is 0 Å². The van der Waals surface area contributed by atoms with Gasteiger partial charge in [-0.3, -0.25) is 14.4 Å². The molecule has 0 bridgehead atoms. The lowest BCUT2D eigenvalue weighted by atomic mass is 9.81. The second kappa shape index (κ2) is 7.65. The van der Waals surface area contributed by atoms with Crippen molar-refractivity contribution in [3.8, 4) is 11.8 Å². The summed E-state index contributed by atoms with van der Waals surface area (Å²) in [5.41, 5.74) is -1.45. The Bertz CT molecular complexity index is 591. The summed E-state index contributed by atoms with van der Waals surface area (Å²) in [6.07, 6.45) is 6.69. The summed E-state index contributed by atoms with van der Waals surface area (Å²) >= 11 is 0. The van der Waals surface area contributed by atoms with Crippen molar-refractivity contribution >= 4 is 17.7 Å². The van der Waals surface area contributed by atoms with Crippen molar-refractivity contribution in [2.75, 3.05) is 14.2 Å². The Labute approximate surface area is 142 Å². The Balaban J connectivity index is 2.13. The number of hydrogen-bond donors (Lipinski definition) is 0. The van der Waals surface area contributed by atoms with E-state index in [-0.39, 0.29) is 24.7 Å². The number of esters is 2. The predicted molar refractivity (Wildman–Crippen MR) is 87.6 cm³/mol. The highest BCUT2D eigenvalue weighted by Gasteiger charge is 2.54. The summed E-state index contributed by atoms with van der Waals surface area (Å²) in [6.45, 7) is 1.65. The SMILES string of the molecule is CC#CCC(C/C=C/C1[C@H]2C(=O)CCC[C@@H]12)(C(=O)OC)C(=O)OC. The second-order valence-electron chi connectivity index (χ2n) is 6.43. The molecule has 130 valence electrons. The van der Waals surface area contributed by atoms with Crippen molar-refractivity contribution in [2.45, 2.75) is 39.0 Å². The number of rotatable bonds is 6. The molecule has 2 fully saturated rings. The average Bonchev–Trinajstić information content (AvgIpc) is 3.31. The molecule has 5 heteroatoms. The molecule has 0 saturated heterocycles. The van der Waals surface area contributed by atoms with Crippen LogP contribution >= 0.6 is 0 Å². The molecule has 2 aliphatic rings. The van der Waals surface area contributed by atoms with E-state index in [9.17, 15) is 14.4 Å². The number of carbonyl (C=O) groups is 3. The Morgan fingerprint density at radius 3 is 2.50 bits per heavy atom. The normalized spacial score (nSPS) is 25.5. The summed E-state index contributed by atoms with van der Waals surface area (Å²) in [5.74, 6) is 5.35. The van der Waals surface area contributed by atoms with E-state index < -0.39 is 17.4 Å². The second-order valence-corrected chi connectivity index (χ2v) is 6.43. The van der Waals surface area contributed by atoms with E-state index in [1.54, 1.807) is 13.0 Å². The van der Waals surface area contributed by atoms with E-state index in [0.717, 1.165) is 12.8 Å². The standard InChI is InChI=1S/C19H24O5/c1-4-5-11-19(17(21)23-2,18(22)24-3)12-7-9-14-13-8-6-10-15(20)16(13)14/h7,9,13-14,16H,6,8,10-12H2,1-3H3/b9-7+/t13-,14?,16-/m0/s1.